The number of piperidine rings is 1. The van der Waals surface area contributed by atoms with Crippen molar-refractivity contribution in [3.63, 3.8) is 0 Å². The van der Waals surface area contributed by atoms with Crippen LogP contribution in [-0.4, -0.2) is 31.6 Å². The monoisotopic (exact) mass is 248 g/mol. The number of hydrogen-bond donors (Lipinski definition) is 2. The smallest absolute Gasteiger partial charge is 0.258 e. The maximum absolute atomic E-state index is 11.7. The summed E-state index contributed by atoms with van der Waals surface area (Å²) in [4.78, 5) is 11.7. The highest BCUT2D eigenvalue weighted by Gasteiger charge is 2.15. The number of aryl methyl sites for hydroxylation is 1. The van der Waals surface area contributed by atoms with Gasteiger partial charge in [0.05, 0.1) is 0 Å². The molecule has 1 amide bonds. The van der Waals surface area contributed by atoms with E-state index in [0.29, 0.717) is 0 Å². The zero-order chi connectivity index (χ0) is 12.8. The molecule has 0 radical (unpaired) electrons. The summed E-state index contributed by atoms with van der Waals surface area (Å²) in [5, 5.41) is 6.24. The molecule has 1 aliphatic heterocycles. The molecule has 1 unspecified atom stereocenters. The second-order valence-corrected chi connectivity index (χ2v) is 4.72. The standard InChI is InChI=1S/C14H20N2O2/c1-11-4-2-6-13(8-11)18-10-14(17)16-12-5-3-7-15-9-12/h2,4,6,8,12,15H,3,5,7,9-10H2,1H3,(H,16,17). The Morgan fingerprint density at radius 1 is 1.56 bits per heavy atom. The molecule has 18 heavy (non-hydrogen) atoms. The summed E-state index contributed by atoms with van der Waals surface area (Å²) >= 11 is 0. The summed E-state index contributed by atoms with van der Waals surface area (Å²) < 4.78 is 5.46. The Balaban J connectivity index is 1.74. The minimum absolute atomic E-state index is 0.0507. The predicted octanol–water partition coefficient (Wildman–Crippen LogP) is 1.24. The van der Waals surface area contributed by atoms with Crippen LogP contribution in [0.5, 0.6) is 5.75 Å². The molecule has 1 aromatic carbocycles. The summed E-state index contributed by atoms with van der Waals surface area (Å²) in [5.41, 5.74) is 1.13. The van der Waals surface area contributed by atoms with Gasteiger partial charge in [-0.15, -0.1) is 0 Å². The molecule has 1 heterocycles. The van der Waals surface area contributed by atoms with Crippen molar-refractivity contribution in [3.05, 3.63) is 29.8 Å². The molecular weight excluding hydrogens is 228 g/mol. The first kappa shape index (κ1) is 12.9. The molecule has 1 aliphatic rings. The van der Waals surface area contributed by atoms with Crippen LogP contribution in [0, 0.1) is 6.92 Å². The van der Waals surface area contributed by atoms with Gasteiger partial charge in [0, 0.05) is 12.6 Å². The topological polar surface area (TPSA) is 50.4 Å². The predicted molar refractivity (Wildman–Crippen MR) is 70.7 cm³/mol. The second kappa shape index (κ2) is 6.40. The summed E-state index contributed by atoms with van der Waals surface area (Å²) in [7, 11) is 0. The van der Waals surface area contributed by atoms with Crippen LogP contribution in [0.1, 0.15) is 18.4 Å². The molecule has 1 fully saturated rings. The summed E-state index contributed by atoms with van der Waals surface area (Å²) in [6.45, 7) is 3.99. The minimum atomic E-state index is -0.0507. The molecule has 1 saturated heterocycles. The Morgan fingerprint density at radius 3 is 3.17 bits per heavy atom. The molecule has 0 aliphatic carbocycles. The molecule has 0 spiro atoms. The van der Waals surface area contributed by atoms with Gasteiger partial charge in [-0.05, 0) is 44.0 Å². The van der Waals surface area contributed by atoms with Crippen molar-refractivity contribution < 1.29 is 9.53 Å². The first-order valence-corrected chi connectivity index (χ1v) is 6.43. The van der Waals surface area contributed by atoms with Crippen molar-refractivity contribution in [2.24, 2.45) is 0 Å². The van der Waals surface area contributed by atoms with Crippen LogP contribution >= 0.6 is 0 Å². The van der Waals surface area contributed by atoms with E-state index in [1.807, 2.05) is 31.2 Å². The third-order valence-electron chi connectivity index (χ3n) is 3.02. The lowest BCUT2D eigenvalue weighted by Gasteiger charge is -2.23. The molecule has 0 bridgehead atoms. The number of amides is 1. The first-order chi connectivity index (χ1) is 8.74. The average Bonchev–Trinajstić information content (AvgIpc) is 2.38. The van der Waals surface area contributed by atoms with Crippen LogP contribution in [-0.2, 0) is 4.79 Å². The van der Waals surface area contributed by atoms with Crippen LogP contribution in [0.4, 0.5) is 0 Å². The van der Waals surface area contributed by atoms with E-state index in [4.69, 9.17) is 4.74 Å². The van der Waals surface area contributed by atoms with Crippen molar-refractivity contribution in [2.45, 2.75) is 25.8 Å². The van der Waals surface area contributed by atoms with Gasteiger partial charge in [-0.2, -0.15) is 0 Å². The number of ether oxygens (including phenoxy) is 1. The second-order valence-electron chi connectivity index (χ2n) is 4.72. The van der Waals surface area contributed by atoms with Crippen LogP contribution in [0.2, 0.25) is 0 Å². The number of benzene rings is 1. The minimum Gasteiger partial charge on any atom is -0.484 e. The highest BCUT2D eigenvalue weighted by atomic mass is 16.5. The number of nitrogens with one attached hydrogen (secondary N) is 2. The fourth-order valence-electron chi connectivity index (χ4n) is 2.10. The van der Waals surface area contributed by atoms with Crippen LogP contribution in [0.25, 0.3) is 0 Å². The quantitative estimate of drug-likeness (QED) is 0.843. The fraction of sp³-hybridized carbons (Fsp3) is 0.500. The summed E-state index contributed by atoms with van der Waals surface area (Å²) in [5.74, 6) is 0.692. The van der Waals surface area contributed by atoms with E-state index in [0.717, 1.165) is 37.2 Å². The summed E-state index contributed by atoms with van der Waals surface area (Å²) in [6.07, 6.45) is 2.16. The number of hydrogen-bond acceptors (Lipinski definition) is 3. The first-order valence-electron chi connectivity index (χ1n) is 6.43. The number of carbonyl (C=O) groups is 1. The highest BCUT2D eigenvalue weighted by Crippen LogP contribution is 2.12. The normalized spacial score (nSPS) is 19.3. The highest BCUT2D eigenvalue weighted by molar-refractivity contribution is 5.77. The Kier molecular flexibility index (Phi) is 4.59. The zero-order valence-corrected chi connectivity index (χ0v) is 10.7. The Morgan fingerprint density at radius 2 is 2.44 bits per heavy atom. The van der Waals surface area contributed by atoms with Gasteiger partial charge < -0.3 is 15.4 Å². The van der Waals surface area contributed by atoms with E-state index in [2.05, 4.69) is 10.6 Å². The van der Waals surface area contributed by atoms with Crippen molar-refractivity contribution in [1.82, 2.24) is 10.6 Å². The Labute approximate surface area is 108 Å². The average molecular weight is 248 g/mol. The molecular formula is C14H20N2O2. The molecule has 0 saturated carbocycles. The van der Waals surface area contributed by atoms with Crippen molar-refractivity contribution in [1.29, 1.82) is 0 Å². The Bertz CT molecular complexity index is 401. The molecule has 4 nitrogen and oxygen atoms in total. The van der Waals surface area contributed by atoms with Gasteiger partial charge in [0.25, 0.3) is 5.91 Å². The largest absolute Gasteiger partial charge is 0.484 e. The van der Waals surface area contributed by atoms with Crippen molar-refractivity contribution in [3.8, 4) is 5.75 Å². The van der Waals surface area contributed by atoms with Crippen LogP contribution < -0.4 is 15.4 Å². The van der Waals surface area contributed by atoms with Gasteiger partial charge in [-0.25, -0.2) is 0 Å². The molecule has 1 atom stereocenters. The lowest BCUT2D eigenvalue weighted by Crippen LogP contribution is -2.46. The molecule has 4 heteroatoms. The van der Waals surface area contributed by atoms with E-state index in [9.17, 15) is 4.79 Å². The number of rotatable bonds is 4. The van der Waals surface area contributed by atoms with Gasteiger partial charge in [-0.1, -0.05) is 12.1 Å². The van der Waals surface area contributed by atoms with Crippen LogP contribution in [0.3, 0.4) is 0 Å². The fourth-order valence-corrected chi connectivity index (χ4v) is 2.10. The van der Waals surface area contributed by atoms with Crippen LogP contribution in [0.15, 0.2) is 24.3 Å². The third kappa shape index (κ3) is 4.04. The summed E-state index contributed by atoms with van der Waals surface area (Å²) in [6, 6.07) is 7.96. The molecule has 2 rings (SSSR count). The molecule has 0 aromatic heterocycles. The molecule has 98 valence electrons. The van der Waals surface area contributed by atoms with Gasteiger partial charge in [0.1, 0.15) is 5.75 Å². The van der Waals surface area contributed by atoms with E-state index in [-0.39, 0.29) is 18.6 Å². The Hall–Kier alpha value is -1.55. The third-order valence-corrected chi connectivity index (χ3v) is 3.02. The van der Waals surface area contributed by atoms with E-state index in [1.165, 1.54) is 0 Å². The van der Waals surface area contributed by atoms with Crippen molar-refractivity contribution >= 4 is 5.91 Å². The van der Waals surface area contributed by atoms with E-state index < -0.39 is 0 Å². The zero-order valence-electron chi connectivity index (χ0n) is 10.7. The SMILES string of the molecule is Cc1cccc(OCC(=O)NC2CCCNC2)c1. The van der Waals surface area contributed by atoms with Gasteiger partial charge in [-0.3, -0.25) is 4.79 Å². The van der Waals surface area contributed by atoms with Gasteiger partial charge in [0.2, 0.25) is 0 Å². The van der Waals surface area contributed by atoms with Gasteiger partial charge in [0.15, 0.2) is 6.61 Å². The molecule has 2 N–H and O–H groups in total. The lowest BCUT2D eigenvalue weighted by atomic mass is 10.1. The maximum atomic E-state index is 11.7. The molecule has 1 aromatic rings. The van der Waals surface area contributed by atoms with E-state index in [1.54, 1.807) is 0 Å². The van der Waals surface area contributed by atoms with E-state index >= 15 is 0 Å². The van der Waals surface area contributed by atoms with Crippen molar-refractivity contribution in [2.75, 3.05) is 19.7 Å². The lowest BCUT2D eigenvalue weighted by molar-refractivity contribution is -0.123. The van der Waals surface area contributed by atoms with Gasteiger partial charge >= 0.3 is 0 Å². The number of carbonyl (C=O) groups excluding carboxylic acids is 1. The maximum Gasteiger partial charge on any atom is 0.258 e.